The summed E-state index contributed by atoms with van der Waals surface area (Å²) in [5, 5.41) is 2.61. The Balaban J connectivity index is 1.52. The third kappa shape index (κ3) is 6.49. The highest BCUT2D eigenvalue weighted by Gasteiger charge is 2.19. The summed E-state index contributed by atoms with van der Waals surface area (Å²) >= 11 is 4.83. The lowest BCUT2D eigenvalue weighted by Gasteiger charge is -2.36. The summed E-state index contributed by atoms with van der Waals surface area (Å²) in [7, 11) is -3.48. The molecule has 166 valence electrons. The average Bonchev–Trinajstić information content (AvgIpc) is 2.73. The number of nitrogens with two attached hydrogens (primary N) is 1. The van der Waals surface area contributed by atoms with E-state index in [9.17, 15) is 13.2 Å². The van der Waals surface area contributed by atoms with Gasteiger partial charge in [-0.15, -0.1) is 0 Å². The van der Waals surface area contributed by atoms with Crippen molar-refractivity contribution < 1.29 is 13.2 Å². The molecule has 0 spiro atoms. The molecule has 0 aliphatic carbocycles. The van der Waals surface area contributed by atoms with Crippen molar-refractivity contribution in [3.63, 3.8) is 0 Å². The van der Waals surface area contributed by atoms with Crippen molar-refractivity contribution in [3.8, 4) is 0 Å². The van der Waals surface area contributed by atoms with Crippen LogP contribution in [0.15, 0.2) is 53.4 Å². The lowest BCUT2D eigenvalue weighted by molar-refractivity contribution is 0.0974. The smallest absolute Gasteiger partial charge is 0.177 e. The van der Waals surface area contributed by atoms with Gasteiger partial charge < -0.3 is 16.0 Å². The fraction of sp³-hybridized carbons (Fsp3) is 0.364. The van der Waals surface area contributed by atoms with E-state index in [1.54, 1.807) is 6.07 Å². The van der Waals surface area contributed by atoms with Gasteiger partial charge in [-0.3, -0.25) is 9.69 Å². The molecule has 7 nitrogen and oxygen atoms in total. The maximum Gasteiger partial charge on any atom is 0.177 e. The minimum absolute atomic E-state index is 0.0334. The maximum atomic E-state index is 12.7. The number of carbonyl (C=O) groups is 1. The minimum Gasteiger partial charge on any atom is -0.376 e. The molecule has 9 heteroatoms. The lowest BCUT2D eigenvalue weighted by atomic mass is 10.1. The Morgan fingerprint density at radius 2 is 1.77 bits per heavy atom. The Bertz CT molecular complexity index is 1030. The molecule has 1 aliphatic rings. The van der Waals surface area contributed by atoms with Crippen molar-refractivity contribution in [2.75, 3.05) is 49.2 Å². The number of hydrogen-bond acceptors (Lipinski definition) is 6. The molecule has 2 aromatic carbocycles. The summed E-state index contributed by atoms with van der Waals surface area (Å²) in [6.45, 7) is 4.73. The van der Waals surface area contributed by atoms with Crippen molar-refractivity contribution in [2.24, 2.45) is 5.73 Å². The van der Waals surface area contributed by atoms with E-state index in [1.807, 2.05) is 6.07 Å². The van der Waals surface area contributed by atoms with Gasteiger partial charge >= 0.3 is 0 Å². The Morgan fingerprint density at radius 3 is 2.39 bits per heavy atom. The van der Waals surface area contributed by atoms with Gasteiger partial charge in [-0.25, -0.2) is 8.42 Å². The van der Waals surface area contributed by atoms with Gasteiger partial charge in [-0.05, 0) is 55.5 Å². The van der Waals surface area contributed by atoms with Crippen LogP contribution in [0.5, 0.6) is 0 Å². The van der Waals surface area contributed by atoms with E-state index in [-0.39, 0.29) is 21.5 Å². The zero-order valence-corrected chi connectivity index (χ0v) is 19.2. The van der Waals surface area contributed by atoms with E-state index in [0.29, 0.717) is 12.0 Å². The number of thiocarbonyl (C=S) groups is 1. The monoisotopic (exact) mass is 460 g/mol. The highest BCUT2D eigenvalue weighted by Crippen LogP contribution is 2.24. The van der Waals surface area contributed by atoms with E-state index >= 15 is 0 Å². The molecular weight excluding hydrogens is 432 g/mol. The van der Waals surface area contributed by atoms with Crippen molar-refractivity contribution in [2.45, 2.75) is 17.7 Å². The first kappa shape index (κ1) is 23.2. The van der Waals surface area contributed by atoms with Crippen LogP contribution in [0.2, 0.25) is 0 Å². The number of benzene rings is 2. The summed E-state index contributed by atoms with van der Waals surface area (Å²) in [4.78, 5) is 17.5. The zero-order chi connectivity index (χ0) is 22.4. The molecule has 0 amide bonds. The fourth-order valence-electron chi connectivity index (χ4n) is 3.73. The SMILES string of the molecule is CS(=O)(=O)c1ccc(C(=O)CCCN2CCN(c3ccccc3)CC2)cc1NC(N)=S. The number of nitrogens with zero attached hydrogens (tertiary/aromatic N) is 2. The Morgan fingerprint density at radius 1 is 1.10 bits per heavy atom. The highest BCUT2D eigenvalue weighted by atomic mass is 32.2. The van der Waals surface area contributed by atoms with Gasteiger partial charge in [0.1, 0.15) is 0 Å². The van der Waals surface area contributed by atoms with E-state index in [4.69, 9.17) is 18.0 Å². The predicted molar refractivity (Wildman–Crippen MR) is 129 cm³/mol. The van der Waals surface area contributed by atoms with Gasteiger partial charge in [0, 0.05) is 50.1 Å². The third-order valence-electron chi connectivity index (χ3n) is 5.33. The second kappa shape index (κ2) is 10.2. The highest BCUT2D eigenvalue weighted by molar-refractivity contribution is 7.90. The molecule has 0 unspecified atom stereocenters. The van der Waals surface area contributed by atoms with Gasteiger partial charge in [0.15, 0.2) is 20.7 Å². The van der Waals surface area contributed by atoms with Crippen LogP contribution in [0.3, 0.4) is 0 Å². The molecule has 3 N–H and O–H groups in total. The van der Waals surface area contributed by atoms with Crippen LogP contribution in [0.1, 0.15) is 23.2 Å². The molecule has 2 aromatic rings. The quantitative estimate of drug-likeness (QED) is 0.458. The molecule has 1 aliphatic heterocycles. The molecule has 1 heterocycles. The number of hydrogen-bond donors (Lipinski definition) is 2. The topological polar surface area (TPSA) is 95.7 Å². The first-order valence-electron chi connectivity index (χ1n) is 10.2. The van der Waals surface area contributed by atoms with Gasteiger partial charge in [-0.2, -0.15) is 0 Å². The van der Waals surface area contributed by atoms with E-state index in [0.717, 1.165) is 45.4 Å². The summed E-state index contributed by atoms with van der Waals surface area (Å²) in [5.41, 5.74) is 7.43. The fourth-order valence-corrected chi connectivity index (χ4v) is 4.67. The van der Waals surface area contributed by atoms with E-state index < -0.39 is 9.84 Å². The normalized spacial score (nSPS) is 14.9. The zero-order valence-electron chi connectivity index (χ0n) is 17.6. The molecule has 31 heavy (non-hydrogen) atoms. The van der Waals surface area contributed by atoms with Crippen LogP contribution >= 0.6 is 12.2 Å². The van der Waals surface area contributed by atoms with Crippen LogP contribution in [-0.2, 0) is 9.84 Å². The second-order valence-corrected chi connectivity index (χ2v) is 10.1. The Labute approximate surface area is 189 Å². The molecule has 0 saturated carbocycles. The standard InChI is InChI=1S/C22H28N4O3S2/c1-31(28,29)21-10-9-17(16-19(21)24-22(23)30)20(27)8-5-11-25-12-14-26(15-13-25)18-6-3-2-4-7-18/h2-4,6-7,9-10,16H,5,8,11-15H2,1H3,(H3,23,24,30). The molecule has 1 fully saturated rings. The molecule has 1 saturated heterocycles. The number of nitrogens with one attached hydrogen (secondary N) is 1. The van der Waals surface area contributed by atoms with Gasteiger partial charge in [0.2, 0.25) is 0 Å². The van der Waals surface area contributed by atoms with Gasteiger partial charge in [0.25, 0.3) is 0 Å². The summed E-state index contributed by atoms with van der Waals surface area (Å²) in [6, 6.07) is 14.9. The number of Topliss-reactive ketones (excluding diaryl/α,β-unsaturated/α-hetero) is 1. The number of piperazine rings is 1. The molecule has 0 radical (unpaired) electrons. The second-order valence-electron chi connectivity index (χ2n) is 7.66. The first-order valence-corrected chi connectivity index (χ1v) is 12.5. The van der Waals surface area contributed by atoms with Crippen LogP contribution < -0.4 is 16.0 Å². The third-order valence-corrected chi connectivity index (χ3v) is 6.59. The predicted octanol–water partition coefficient (Wildman–Crippen LogP) is 2.53. The molecule has 3 rings (SSSR count). The van der Waals surface area contributed by atoms with Crippen molar-refractivity contribution >= 4 is 44.3 Å². The number of ketones is 1. The number of anilines is 2. The van der Waals surface area contributed by atoms with Crippen LogP contribution in [-0.4, -0.2) is 63.2 Å². The summed E-state index contributed by atoms with van der Waals surface area (Å²) < 4.78 is 23.9. The number of para-hydroxylation sites is 1. The number of rotatable bonds is 8. The Kier molecular flexibility index (Phi) is 7.64. The van der Waals surface area contributed by atoms with Crippen molar-refractivity contribution in [1.82, 2.24) is 4.90 Å². The number of sulfone groups is 1. The van der Waals surface area contributed by atoms with Gasteiger partial charge in [-0.1, -0.05) is 18.2 Å². The van der Waals surface area contributed by atoms with Gasteiger partial charge in [0.05, 0.1) is 10.6 Å². The van der Waals surface area contributed by atoms with Crippen LogP contribution in [0, 0.1) is 0 Å². The van der Waals surface area contributed by atoms with E-state index in [2.05, 4.69) is 39.4 Å². The number of carbonyl (C=O) groups excluding carboxylic acids is 1. The van der Waals surface area contributed by atoms with Crippen molar-refractivity contribution in [1.29, 1.82) is 0 Å². The van der Waals surface area contributed by atoms with Crippen LogP contribution in [0.4, 0.5) is 11.4 Å². The molecule has 0 aromatic heterocycles. The summed E-state index contributed by atoms with van der Waals surface area (Å²) in [6.07, 6.45) is 2.24. The largest absolute Gasteiger partial charge is 0.376 e. The minimum atomic E-state index is -3.48. The summed E-state index contributed by atoms with van der Waals surface area (Å²) in [5.74, 6) is -0.0334. The molecule has 0 atom stereocenters. The molecule has 0 bridgehead atoms. The maximum absolute atomic E-state index is 12.7. The first-order chi connectivity index (χ1) is 14.7. The lowest BCUT2D eigenvalue weighted by Crippen LogP contribution is -2.46. The molecular formula is C22H28N4O3S2. The average molecular weight is 461 g/mol. The van der Waals surface area contributed by atoms with Crippen molar-refractivity contribution in [3.05, 3.63) is 54.1 Å². The Hall–Kier alpha value is -2.49. The van der Waals surface area contributed by atoms with Crippen LogP contribution in [0.25, 0.3) is 0 Å². The van der Waals surface area contributed by atoms with E-state index in [1.165, 1.54) is 17.8 Å².